The van der Waals surface area contributed by atoms with Crippen molar-refractivity contribution >= 4 is 23.9 Å². The van der Waals surface area contributed by atoms with Crippen molar-refractivity contribution in [1.29, 1.82) is 0 Å². The first-order chi connectivity index (χ1) is 10.6. The smallest absolute Gasteiger partial charge is 0.327 e. The Balaban J connectivity index is 0.00000135. The number of carbonyl (C=O) groups excluding carboxylic acids is 2. The van der Waals surface area contributed by atoms with Crippen LogP contribution in [0.1, 0.15) is 25.3 Å². The van der Waals surface area contributed by atoms with Crippen molar-refractivity contribution < 1.29 is 18.9 Å². The van der Waals surface area contributed by atoms with Gasteiger partial charge in [0.1, 0.15) is 5.92 Å². The van der Waals surface area contributed by atoms with Gasteiger partial charge in [-0.15, -0.1) is 0 Å². The molecule has 1 aromatic rings. The molecule has 6 nitrogen and oxygen atoms in total. The number of amides is 1. The Kier molecular flexibility index (Phi) is 12.2. The van der Waals surface area contributed by atoms with E-state index in [-0.39, 0.29) is 12.5 Å². The van der Waals surface area contributed by atoms with Gasteiger partial charge >= 0.3 is 5.97 Å². The number of carbonyl (C=O) groups is 2. The van der Waals surface area contributed by atoms with Gasteiger partial charge in [0.15, 0.2) is 0 Å². The molecule has 0 spiro atoms. The van der Waals surface area contributed by atoms with Crippen molar-refractivity contribution in [3.05, 3.63) is 35.9 Å². The number of benzene rings is 1. The Bertz CT molecular complexity index is 429. The van der Waals surface area contributed by atoms with Crippen LogP contribution in [0.2, 0.25) is 0 Å². The molecule has 0 bridgehead atoms. The highest BCUT2D eigenvalue weighted by molar-refractivity contribution is 7.95. The van der Waals surface area contributed by atoms with E-state index in [1.165, 1.54) is 6.92 Å². The van der Waals surface area contributed by atoms with E-state index in [4.69, 9.17) is 9.92 Å². The maximum atomic E-state index is 11.8. The molecule has 22 heavy (non-hydrogen) atoms. The van der Waals surface area contributed by atoms with Crippen LogP contribution in [0.15, 0.2) is 30.3 Å². The second kappa shape index (κ2) is 13.1. The first kappa shape index (κ1) is 20.4. The van der Waals surface area contributed by atoms with Crippen LogP contribution in [0.5, 0.6) is 0 Å². The molecule has 0 aliphatic heterocycles. The minimum Gasteiger partial charge on any atom is -0.395 e. The fourth-order valence-corrected chi connectivity index (χ4v) is 1.93. The third kappa shape index (κ3) is 9.38. The molecule has 1 atom stereocenters. The summed E-state index contributed by atoms with van der Waals surface area (Å²) < 4.78 is 5.00. The summed E-state index contributed by atoms with van der Waals surface area (Å²) in [4.78, 5) is 22.4. The zero-order valence-electron chi connectivity index (χ0n) is 13.0. The third-order valence-electron chi connectivity index (χ3n) is 2.37. The SMILES string of the molecule is CC(=O)NCCSOC(=O)C(CO)c1ccccc1.CCN. The van der Waals surface area contributed by atoms with Gasteiger partial charge in [-0.05, 0) is 12.1 Å². The van der Waals surface area contributed by atoms with E-state index in [0.29, 0.717) is 12.3 Å². The molecule has 1 amide bonds. The van der Waals surface area contributed by atoms with Crippen molar-refractivity contribution in [2.24, 2.45) is 5.73 Å². The predicted octanol–water partition coefficient (Wildman–Crippen LogP) is 1.05. The van der Waals surface area contributed by atoms with Crippen LogP contribution in [0.25, 0.3) is 0 Å². The van der Waals surface area contributed by atoms with Gasteiger partial charge < -0.3 is 20.3 Å². The van der Waals surface area contributed by atoms with Crippen LogP contribution in [0.4, 0.5) is 0 Å². The molecular weight excluding hydrogens is 304 g/mol. The summed E-state index contributed by atoms with van der Waals surface area (Å²) in [6, 6.07) is 8.98. The predicted molar refractivity (Wildman–Crippen MR) is 88.2 cm³/mol. The monoisotopic (exact) mass is 328 g/mol. The van der Waals surface area contributed by atoms with Crippen LogP contribution < -0.4 is 11.1 Å². The molecule has 0 heterocycles. The van der Waals surface area contributed by atoms with Crippen LogP contribution in [-0.4, -0.2) is 42.4 Å². The van der Waals surface area contributed by atoms with E-state index in [9.17, 15) is 14.7 Å². The quantitative estimate of drug-likeness (QED) is 0.511. The summed E-state index contributed by atoms with van der Waals surface area (Å²) in [6.07, 6.45) is 0. The van der Waals surface area contributed by atoms with Gasteiger partial charge in [0.05, 0.1) is 18.6 Å². The first-order valence-corrected chi connectivity index (χ1v) is 7.91. The molecule has 0 radical (unpaired) electrons. The highest BCUT2D eigenvalue weighted by Gasteiger charge is 2.21. The lowest BCUT2D eigenvalue weighted by Gasteiger charge is -2.12. The number of aliphatic hydroxyl groups excluding tert-OH is 1. The van der Waals surface area contributed by atoms with Crippen molar-refractivity contribution in [2.75, 3.05) is 25.4 Å². The van der Waals surface area contributed by atoms with E-state index in [2.05, 4.69) is 5.32 Å². The van der Waals surface area contributed by atoms with E-state index in [1.807, 2.05) is 13.0 Å². The van der Waals surface area contributed by atoms with Gasteiger partial charge in [-0.25, -0.2) is 0 Å². The molecule has 0 saturated carbocycles. The van der Waals surface area contributed by atoms with E-state index >= 15 is 0 Å². The largest absolute Gasteiger partial charge is 0.395 e. The van der Waals surface area contributed by atoms with Gasteiger partial charge in [0.2, 0.25) is 5.91 Å². The van der Waals surface area contributed by atoms with Crippen molar-refractivity contribution in [1.82, 2.24) is 5.32 Å². The average molecular weight is 328 g/mol. The molecule has 124 valence electrons. The highest BCUT2D eigenvalue weighted by Crippen LogP contribution is 2.19. The summed E-state index contributed by atoms with van der Waals surface area (Å²) in [5, 5.41) is 11.9. The van der Waals surface area contributed by atoms with Crippen molar-refractivity contribution in [3.8, 4) is 0 Å². The Labute approximate surface area is 135 Å². The van der Waals surface area contributed by atoms with Crippen LogP contribution in [0.3, 0.4) is 0 Å². The van der Waals surface area contributed by atoms with Crippen molar-refractivity contribution in [3.63, 3.8) is 0 Å². The first-order valence-electron chi connectivity index (χ1n) is 7.00. The van der Waals surface area contributed by atoms with Crippen LogP contribution in [0, 0.1) is 0 Å². The van der Waals surface area contributed by atoms with Crippen molar-refractivity contribution in [2.45, 2.75) is 19.8 Å². The van der Waals surface area contributed by atoms with Crippen LogP contribution in [-0.2, 0) is 13.8 Å². The molecule has 1 aromatic carbocycles. The van der Waals surface area contributed by atoms with Gasteiger partial charge in [0.25, 0.3) is 0 Å². The number of nitrogens with two attached hydrogens (primary N) is 1. The molecule has 0 aliphatic rings. The number of aliphatic hydroxyl groups is 1. The zero-order valence-corrected chi connectivity index (χ0v) is 13.8. The highest BCUT2D eigenvalue weighted by atomic mass is 32.2. The lowest BCUT2D eigenvalue weighted by Crippen LogP contribution is -2.23. The van der Waals surface area contributed by atoms with Gasteiger partial charge in [-0.3, -0.25) is 9.59 Å². The topological polar surface area (TPSA) is 102 Å². The lowest BCUT2D eigenvalue weighted by atomic mass is 10.0. The minimum absolute atomic E-state index is 0.121. The Morgan fingerprint density at radius 1 is 1.36 bits per heavy atom. The second-order valence-electron chi connectivity index (χ2n) is 4.26. The molecule has 0 fully saturated rings. The summed E-state index contributed by atoms with van der Waals surface area (Å²) in [5.74, 6) is -0.807. The Morgan fingerprint density at radius 2 is 1.95 bits per heavy atom. The molecule has 0 aromatic heterocycles. The Morgan fingerprint density at radius 3 is 2.45 bits per heavy atom. The van der Waals surface area contributed by atoms with Gasteiger partial charge in [0, 0.05) is 19.2 Å². The zero-order chi connectivity index (χ0) is 16.8. The summed E-state index contributed by atoms with van der Waals surface area (Å²) in [7, 11) is 0. The molecule has 4 N–H and O–H groups in total. The fraction of sp³-hybridized carbons (Fsp3) is 0.467. The van der Waals surface area contributed by atoms with E-state index in [0.717, 1.165) is 24.2 Å². The minimum atomic E-state index is -0.672. The second-order valence-corrected chi connectivity index (χ2v) is 5.07. The molecule has 1 unspecified atom stereocenters. The standard InChI is InChI=1S/C13H17NO4S.C2H7N/c1-10(16)14-7-8-19-18-13(17)12(9-15)11-5-3-2-4-6-11;1-2-3/h2-6,12,15H,7-9H2,1H3,(H,14,16);2-3H2,1H3. The number of hydrogen-bond donors (Lipinski definition) is 3. The number of nitrogens with one attached hydrogen (secondary N) is 1. The van der Waals surface area contributed by atoms with Gasteiger partial charge in [-0.2, -0.15) is 0 Å². The molecule has 0 saturated heterocycles. The van der Waals surface area contributed by atoms with E-state index in [1.54, 1.807) is 24.3 Å². The molecule has 0 aliphatic carbocycles. The Hall–Kier alpha value is -1.57. The fourth-order valence-electron chi connectivity index (χ4n) is 1.43. The number of rotatable bonds is 7. The summed E-state index contributed by atoms with van der Waals surface area (Å²) in [5.41, 5.74) is 5.57. The van der Waals surface area contributed by atoms with Gasteiger partial charge in [-0.1, -0.05) is 37.3 Å². The number of hydrogen-bond acceptors (Lipinski definition) is 6. The molecular formula is C15H24N2O4S. The average Bonchev–Trinajstić information content (AvgIpc) is 2.49. The normalized spacial score (nSPS) is 10.9. The maximum absolute atomic E-state index is 11.8. The van der Waals surface area contributed by atoms with E-state index < -0.39 is 11.9 Å². The summed E-state index contributed by atoms with van der Waals surface area (Å²) in [6.45, 7) is 4.21. The maximum Gasteiger partial charge on any atom is 0.327 e. The molecule has 7 heteroatoms. The molecule has 1 rings (SSSR count). The summed E-state index contributed by atoms with van der Waals surface area (Å²) >= 11 is 0.966. The van der Waals surface area contributed by atoms with Crippen LogP contribution >= 0.6 is 12.0 Å². The lowest BCUT2D eigenvalue weighted by molar-refractivity contribution is -0.135. The third-order valence-corrected chi connectivity index (χ3v) is 3.02.